The van der Waals surface area contributed by atoms with Gasteiger partial charge >= 0.3 is 11.9 Å². The molecule has 0 radical (unpaired) electrons. The number of hydrogen-bond donors (Lipinski definition) is 0. The van der Waals surface area contributed by atoms with Crippen molar-refractivity contribution in [2.75, 3.05) is 0 Å². The van der Waals surface area contributed by atoms with Crippen LogP contribution >= 0.6 is 0 Å². The number of hydrogen-bond acceptors (Lipinski definition) is 5. The number of epoxide rings is 1. The Bertz CT molecular complexity index is 805. The first-order chi connectivity index (χ1) is 14.2. The van der Waals surface area contributed by atoms with Crippen LogP contribution in [0.15, 0.2) is 24.3 Å². The second kappa shape index (κ2) is 8.93. The molecule has 1 aliphatic heterocycles. The maximum absolute atomic E-state index is 11.9. The summed E-state index contributed by atoms with van der Waals surface area (Å²) in [6.45, 7) is 13.3. The lowest BCUT2D eigenvalue weighted by Gasteiger charge is -2.34. The Hall–Kier alpha value is -2.14. The van der Waals surface area contributed by atoms with E-state index in [2.05, 4.69) is 20.4 Å². The molecular weight excluding hydrogens is 380 g/mol. The predicted molar refractivity (Wildman–Crippen MR) is 116 cm³/mol. The van der Waals surface area contributed by atoms with Gasteiger partial charge in [-0.25, -0.2) is 0 Å². The molecule has 1 aliphatic carbocycles. The summed E-state index contributed by atoms with van der Waals surface area (Å²) in [6.07, 6.45) is 5.98. The lowest BCUT2D eigenvalue weighted by Crippen LogP contribution is -2.31. The Labute approximate surface area is 179 Å². The van der Waals surface area contributed by atoms with Crippen molar-refractivity contribution < 1.29 is 23.8 Å². The molecule has 1 saturated heterocycles. The van der Waals surface area contributed by atoms with Crippen molar-refractivity contribution in [3.8, 4) is 11.5 Å². The molecule has 164 valence electrons. The van der Waals surface area contributed by atoms with Crippen LogP contribution in [-0.2, 0) is 20.7 Å². The topological polar surface area (TPSA) is 65.1 Å². The van der Waals surface area contributed by atoms with Crippen molar-refractivity contribution in [2.24, 2.45) is 5.92 Å². The molecule has 2 fully saturated rings. The zero-order chi connectivity index (χ0) is 22.1. The van der Waals surface area contributed by atoms with Gasteiger partial charge in [-0.2, -0.15) is 0 Å². The van der Waals surface area contributed by atoms with Crippen LogP contribution in [0.25, 0.3) is 0 Å². The number of benzene rings is 1. The molecule has 0 amide bonds. The highest BCUT2D eigenvalue weighted by atomic mass is 16.6. The summed E-state index contributed by atoms with van der Waals surface area (Å²) in [5.74, 6) is 0.262. The number of allylic oxidation sites excluding steroid dienone is 1. The Balaban J connectivity index is 2.12. The summed E-state index contributed by atoms with van der Waals surface area (Å²) >= 11 is 0. The van der Waals surface area contributed by atoms with E-state index in [1.54, 1.807) is 0 Å². The van der Waals surface area contributed by atoms with E-state index in [4.69, 9.17) is 14.2 Å². The number of fused-ring (bicyclic) bond motifs is 1. The molecule has 4 unspecified atom stereocenters. The summed E-state index contributed by atoms with van der Waals surface area (Å²) in [5, 5.41) is 0. The molecular formula is C25H34O5. The number of rotatable bonds is 8. The van der Waals surface area contributed by atoms with Crippen LogP contribution in [0.4, 0.5) is 0 Å². The van der Waals surface area contributed by atoms with Crippen molar-refractivity contribution in [1.29, 1.82) is 0 Å². The normalized spacial score (nSPS) is 27.2. The molecule has 0 aromatic heterocycles. The van der Waals surface area contributed by atoms with Gasteiger partial charge in [-0.15, -0.1) is 0 Å². The summed E-state index contributed by atoms with van der Waals surface area (Å²) in [6, 6.07) is 3.87. The molecule has 2 aliphatic rings. The number of carbonyl (C=O) groups is 2. The zero-order valence-corrected chi connectivity index (χ0v) is 18.9. The first-order valence-corrected chi connectivity index (χ1v) is 11.0. The van der Waals surface area contributed by atoms with E-state index in [0.717, 1.165) is 55.2 Å². The van der Waals surface area contributed by atoms with Gasteiger partial charge in [0.15, 0.2) is 0 Å². The number of carbonyl (C=O) groups excluding carboxylic acids is 2. The summed E-state index contributed by atoms with van der Waals surface area (Å²) < 4.78 is 17.5. The molecule has 1 saturated carbocycles. The Kier molecular flexibility index (Phi) is 6.71. The van der Waals surface area contributed by atoms with Crippen LogP contribution in [-0.4, -0.2) is 23.6 Å². The van der Waals surface area contributed by atoms with Crippen LogP contribution < -0.4 is 9.47 Å². The van der Waals surface area contributed by atoms with Crippen LogP contribution in [0.2, 0.25) is 0 Å². The monoisotopic (exact) mass is 414 g/mol. The molecule has 1 aromatic rings. The minimum absolute atomic E-state index is 0.0116. The number of unbranched alkanes of at least 4 members (excludes halogenated alkanes) is 2. The lowest BCUT2D eigenvalue weighted by atomic mass is 9.69. The molecule has 0 N–H and O–H groups in total. The van der Waals surface area contributed by atoms with Gasteiger partial charge in [0.05, 0.1) is 11.7 Å². The minimum atomic E-state index is -0.391. The van der Waals surface area contributed by atoms with E-state index in [9.17, 15) is 9.59 Å². The van der Waals surface area contributed by atoms with Crippen LogP contribution in [0.1, 0.15) is 83.8 Å². The molecule has 3 rings (SSSR count). The Morgan fingerprint density at radius 1 is 1.13 bits per heavy atom. The van der Waals surface area contributed by atoms with Crippen molar-refractivity contribution in [2.45, 2.75) is 90.8 Å². The van der Waals surface area contributed by atoms with Crippen LogP contribution in [0.3, 0.4) is 0 Å². The third-order valence-electron chi connectivity index (χ3n) is 6.36. The molecule has 1 aromatic carbocycles. The number of aryl methyl sites for hydroxylation is 1. The van der Waals surface area contributed by atoms with Crippen molar-refractivity contribution in [1.82, 2.24) is 0 Å². The fourth-order valence-electron chi connectivity index (χ4n) is 4.83. The zero-order valence-electron chi connectivity index (χ0n) is 18.9. The maximum Gasteiger partial charge on any atom is 0.308 e. The van der Waals surface area contributed by atoms with Gasteiger partial charge in [-0.05, 0) is 63.1 Å². The first-order valence-electron chi connectivity index (χ1n) is 11.0. The van der Waals surface area contributed by atoms with Gasteiger partial charge in [0.2, 0.25) is 0 Å². The first kappa shape index (κ1) is 22.5. The second-order valence-electron chi connectivity index (χ2n) is 9.02. The smallest absolute Gasteiger partial charge is 0.308 e. The van der Waals surface area contributed by atoms with Gasteiger partial charge < -0.3 is 14.2 Å². The lowest BCUT2D eigenvalue weighted by molar-refractivity contribution is -0.132. The molecule has 5 nitrogen and oxygen atoms in total. The van der Waals surface area contributed by atoms with E-state index in [0.29, 0.717) is 11.5 Å². The van der Waals surface area contributed by atoms with Crippen LogP contribution in [0, 0.1) is 5.92 Å². The van der Waals surface area contributed by atoms with Crippen molar-refractivity contribution in [3.05, 3.63) is 35.4 Å². The average molecular weight is 415 g/mol. The van der Waals surface area contributed by atoms with E-state index in [1.807, 2.05) is 19.1 Å². The van der Waals surface area contributed by atoms with E-state index in [1.165, 1.54) is 13.8 Å². The van der Waals surface area contributed by atoms with Gasteiger partial charge in [0, 0.05) is 25.3 Å². The molecule has 0 spiro atoms. The number of ether oxygens (including phenoxy) is 3. The number of esters is 2. The Morgan fingerprint density at radius 3 is 2.23 bits per heavy atom. The second-order valence-corrected chi connectivity index (χ2v) is 9.02. The summed E-state index contributed by atoms with van der Waals surface area (Å²) in [5.41, 5.74) is 2.63. The van der Waals surface area contributed by atoms with Crippen LogP contribution in [0.5, 0.6) is 11.5 Å². The Morgan fingerprint density at radius 2 is 1.73 bits per heavy atom. The molecule has 1 heterocycles. The third kappa shape index (κ3) is 4.77. The molecule has 5 heteroatoms. The SMILES string of the molecule is C=C(C)C1CCC2(C)OC2C1c1c(OC(C)=O)cc(CCCCC)cc1OC(C)=O. The molecule has 30 heavy (non-hydrogen) atoms. The van der Waals surface area contributed by atoms with E-state index in [-0.39, 0.29) is 23.5 Å². The maximum atomic E-state index is 11.9. The van der Waals surface area contributed by atoms with Crippen molar-refractivity contribution >= 4 is 11.9 Å². The average Bonchev–Trinajstić information content (AvgIpc) is 3.32. The van der Waals surface area contributed by atoms with Gasteiger partial charge in [-0.1, -0.05) is 31.9 Å². The quantitative estimate of drug-likeness (QED) is 0.185. The summed E-state index contributed by atoms with van der Waals surface area (Å²) in [4.78, 5) is 23.9. The van der Waals surface area contributed by atoms with E-state index < -0.39 is 11.9 Å². The van der Waals surface area contributed by atoms with Crippen molar-refractivity contribution in [3.63, 3.8) is 0 Å². The van der Waals surface area contributed by atoms with Gasteiger partial charge in [-0.3, -0.25) is 9.59 Å². The highest BCUT2D eigenvalue weighted by Crippen LogP contribution is 2.60. The fraction of sp³-hybridized carbons (Fsp3) is 0.600. The predicted octanol–water partition coefficient (Wildman–Crippen LogP) is 5.50. The molecule has 0 bridgehead atoms. The van der Waals surface area contributed by atoms with E-state index >= 15 is 0 Å². The van der Waals surface area contributed by atoms with Gasteiger partial charge in [0.25, 0.3) is 0 Å². The third-order valence-corrected chi connectivity index (χ3v) is 6.36. The highest BCUT2D eigenvalue weighted by molar-refractivity contribution is 5.73. The summed E-state index contributed by atoms with van der Waals surface area (Å²) in [7, 11) is 0. The highest BCUT2D eigenvalue weighted by Gasteiger charge is 2.62. The van der Waals surface area contributed by atoms with Gasteiger partial charge in [0.1, 0.15) is 11.5 Å². The largest absolute Gasteiger partial charge is 0.426 e. The standard InChI is InChI=1S/C25H34O5/c1-7-8-9-10-18-13-20(28-16(4)26)23(21(14-18)29-17(5)27)22-19(15(2)3)11-12-25(6)24(22)30-25/h13-14,19,22,24H,2,7-12H2,1,3-6H3. The fourth-order valence-corrected chi connectivity index (χ4v) is 4.83. The molecule has 4 atom stereocenters. The minimum Gasteiger partial charge on any atom is -0.426 e.